The number of nitrogens with one attached hydrogen (secondary N) is 1. The van der Waals surface area contributed by atoms with Gasteiger partial charge in [-0.25, -0.2) is 0 Å². The fraction of sp³-hybridized carbons (Fsp3) is 0.214. The molecule has 22 heavy (non-hydrogen) atoms. The highest BCUT2D eigenvalue weighted by atomic mass is 127. The molecule has 6 nitrogen and oxygen atoms in total. The molecule has 0 radical (unpaired) electrons. The highest BCUT2D eigenvalue weighted by Gasteiger charge is 2.17. The predicted molar refractivity (Wildman–Crippen MR) is 93.8 cm³/mol. The van der Waals surface area contributed by atoms with Gasteiger partial charge >= 0.3 is 0 Å². The number of rotatable bonds is 5. The summed E-state index contributed by atoms with van der Waals surface area (Å²) < 4.78 is 32.6. The Bertz CT molecular complexity index is 808. The molecule has 0 aromatic heterocycles. The van der Waals surface area contributed by atoms with Crippen molar-refractivity contribution in [3.63, 3.8) is 0 Å². The number of anilines is 1. The van der Waals surface area contributed by atoms with Crippen molar-refractivity contribution in [1.29, 1.82) is 0 Å². The molecule has 1 amide bonds. The van der Waals surface area contributed by atoms with Crippen molar-refractivity contribution in [3.05, 3.63) is 36.4 Å². The van der Waals surface area contributed by atoms with Gasteiger partial charge in [0.1, 0.15) is 4.90 Å². The maximum absolute atomic E-state index is 11.6. The summed E-state index contributed by atoms with van der Waals surface area (Å²) in [4.78, 5) is 11.5. The van der Waals surface area contributed by atoms with Gasteiger partial charge < -0.3 is 0 Å². The van der Waals surface area contributed by atoms with Crippen LogP contribution in [0.5, 0.6) is 0 Å². The van der Waals surface area contributed by atoms with Crippen molar-refractivity contribution in [2.45, 2.75) is 11.8 Å². The molecule has 8 heteroatoms. The molecule has 0 saturated carbocycles. The first-order valence-electron chi connectivity index (χ1n) is 6.50. The molecule has 0 fully saturated rings. The van der Waals surface area contributed by atoms with Crippen LogP contribution < -0.4 is 10.4 Å². The van der Waals surface area contributed by atoms with Gasteiger partial charge in [-0.1, -0.05) is 46.9 Å². The van der Waals surface area contributed by atoms with Crippen LogP contribution in [0.1, 0.15) is 6.92 Å². The minimum atomic E-state index is -4.31. The number of amides is 1. The van der Waals surface area contributed by atoms with E-state index < -0.39 is 10.1 Å². The Labute approximate surface area is 142 Å². The summed E-state index contributed by atoms with van der Waals surface area (Å²) in [5, 5.41) is 2.69. The van der Waals surface area contributed by atoms with E-state index in [1.165, 1.54) is 6.07 Å². The quantitative estimate of drug-likeness (QED) is 0.327. The third kappa shape index (κ3) is 3.50. The van der Waals surface area contributed by atoms with E-state index in [-0.39, 0.29) is 10.8 Å². The van der Waals surface area contributed by atoms with Crippen molar-refractivity contribution in [3.8, 4) is 0 Å². The highest BCUT2D eigenvalue weighted by molar-refractivity contribution is 14.1. The van der Waals surface area contributed by atoms with E-state index in [1.807, 2.05) is 29.5 Å². The zero-order valence-corrected chi connectivity index (χ0v) is 14.8. The van der Waals surface area contributed by atoms with Gasteiger partial charge in [0.15, 0.2) is 0 Å². The summed E-state index contributed by atoms with van der Waals surface area (Å²) in [7, 11) is -4.31. The summed E-state index contributed by atoms with van der Waals surface area (Å²) >= 11 is 1.97. The molecule has 0 aliphatic heterocycles. The highest BCUT2D eigenvalue weighted by Crippen LogP contribution is 2.30. The second kappa shape index (κ2) is 6.80. The average molecular weight is 434 g/mol. The molecule has 0 unspecified atom stereocenters. The lowest BCUT2D eigenvalue weighted by atomic mass is 10.1. The monoisotopic (exact) mass is 434 g/mol. The molecule has 0 spiro atoms. The summed E-state index contributed by atoms with van der Waals surface area (Å²) in [6.07, 6.45) is 0. The third-order valence-corrected chi connectivity index (χ3v) is 4.73. The van der Waals surface area contributed by atoms with Gasteiger partial charge in [0.25, 0.3) is 10.1 Å². The van der Waals surface area contributed by atoms with E-state index in [1.54, 1.807) is 35.3 Å². The summed E-state index contributed by atoms with van der Waals surface area (Å²) in [6.45, 7) is 2.39. The maximum atomic E-state index is 11.6. The summed E-state index contributed by atoms with van der Waals surface area (Å²) in [6, 6.07) is 9.75. The molecular weight excluding hydrogens is 419 g/mol. The van der Waals surface area contributed by atoms with Crippen LogP contribution in [0.15, 0.2) is 41.3 Å². The molecule has 2 aromatic carbocycles. The number of carbonyl (C=O) groups excluding carboxylic acids is 1. The number of hydrazine groups is 1. The van der Waals surface area contributed by atoms with Gasteiger partial charge in [-0.05, 0) is 19.1 Å². The third-order valence-electron chi connectivity index (χ3n) is 3.13. The Morgan fingerprint density at radius 3 is 2.45 bits per heavy atom. The van der Waals surface area contributed by atoms with E-state index in [9.17, 15) is 17.8 Å². The normalized spacial score (nSPS) is 11.4. The molecule has 0 aliphatic rings. The average Bonchev–Trinajstić information content (AvgIpc) is 2.50. The second-order valence-corrected chi connectivity index (χ2v) is 6.67. The molecule has 2 rings (SSSR count). The first-order chi connectivity index (χ1) is 10.4. The lowest BCUT2D eigenvalue weighted by molar-refractivity contribution is -0.118. The maximum Gasteiger partial charge on any atom is 0.295 e. The van der Waals surface area contributed by atoms with Crippen LogP contribution in [0, 0.1) is 0 Å². The lowest BCUT2D eigenvalue weighted by Gasteiger charge is -2.25. The second-order valence-electron chi connectivity index (χ2n) is 4.52. The standard InChI is InChI=1S/C14H15IN2O4S/c1-2-17(16-14(18)9-15)12-7-3-6-11-10(12)5-4-8-13(11)22(19,20)21/h3-8H,2,9H2,1H3,(H,16,18)(H,19,20,21). The molecule has 0 atom stereocenters. The fourth-order valence-electron chi connectivity index (χ4n) is 2.21. The summed E-state index contributed by atoms with van der Waals surface area (Å²) in [5.74, 6) is -0.148. The van der Waals surface area contributed by atoms with Crippen LogP contribution >= 0.6 is 22.6 Å². The Morgan fingerprint density at radius 2 is 1.86 bits per heavy atom. The molecule has 2 N–H and O–H groups in total. The van der Waals surface area contributed by atoms with Gasteiger partial charge in [0, 0.05) is 17.3 Å². The van der Waals surface area contributed by atoms with Crippen molar-refractivity contribution < 1.29 is 17.8 Å². The van der Waals surface area contributed by atoms with Gasteiger partial charge in [0.05, 0.1) is 10.1 Å². The van der Waals surface area contributed by atoms with Crippen molar-refractivity contribution >= 4 is 55.1 Å². The first-order valence-corrected chi connectivity index (χ1v) is 9.47. The van der Waals surface area contributed by atoms with Crippen LogP contribution in [0.4, 0.5) is 5.69 Å². The lowest BCUT2D eigenvalue weighted by Crippen LogP contribution is -2.43. The molecule has 118 valence electrons. The number of fused-ring (bicyclic) bond motifs is 1. The van der Waals surface area contributed by atoms with E-state index >= 15 is 0 Å². The number of hydrogen-bond acceptors (Lipinski definition) is 4. The fourth-order valence-corrected chi connectivity index (χ4v) is 3.09. The molecule has 0 aliphatic carbocycles. The van der Waals surface area contributed by atoms with Crippen LogP contribution in [0.3, 0.4) is 0 Å². The summed E-state index contributed by atoms with van der Waals surface area (Å²) in [5.41, 5.74) is 3.43. The Hall–Kier alpha value is -1.39. The van der Waals surface area contributed by atoms with E-state index in [0.29, 0.717) is 27.4 Å². The molecule has 2 aromatic rings. The number of hydrogen-bond donors (Lipinski definition) is 2. The molecule has 0 saturated heterocycles. The van der Waals surface area contributed by atoms with Crippen molar-refractivity contribution in [2.75, 3.05) is 16.0 Å². The molecular formula is C14H15IN2O4S. The number of nitrogens with zero attached hydrogens (tertiary/aromatic N) is 1. The van der Waals surface area contributed by atoms with Crippen LogP contribution in [-0.2, 0) is 14.9 Å². The number of alkyl halides is 1. The van der Waals surface area contributed by atoms with E-state index in [2.05, 4.69) is 5.43 Å². The van der Waals surface area contributed by atoms with E-state index in [4.69, 9.17) is 0 Å². The van der Waals surface area contributed by atoms with Gasteiger partial charge in [-0.2, -0.15) is 8.42 Å². The Kier molecular flexibility index (Phi) is 5.24. The van der Waals surface area contributed by atoms with Crippen LogP contribution in [-0.4, -0.2) is 29.9 Å². The van der Waals surface area contributed by atoms with Gasteiger partial charge in [-0.15, -0.1) is 0 Å². The zero-order valence-electron chi connectivity index (χ0n) is 11.8. The SMILES string of the molecule is CCN(NC(=O)CI)c1cccc2c(S(=O)(=O)O)cccc12. The molecule has 0 heterocycles. The smallest absolute Gasteiger partial charge is 0.285 e. The van der Waals surface area contributed by atoms with Crippen molar-refractivity contribution in [2.24, 2.45) is 0 Å². The minimum Gasteiger partial charge on any atom is -0.285 e. The minimum absolute atomic E-state index is 0.148. The number of benzene rings is 2. The van der Waals surface area contributed by atoms with Crippen LogP contribution in [0.2, 0.25) is 0 Å². The number of halogens is 1. The zero-order chi connectivity index (χ0) is 16.3. The van der Waals surface area contributed by atoms with E-state index in [0.717, 1.165) is 0 Å². The van der Waals surface area contributed by atoms with Crippen LogP contribution in [0.25, 0.3) is 10.8 Å². The largest absolute Gasteiger partial charge is 0.295 e. The Balaban J connectivity index is 2.63. The van der Waals surface area contributed by atoms with Gasteiger partial charge in [-0.3, -0.25) is 19.8 Å². The Morgan fingerprint density at radius 1 is 1.23 bits per heavy atom. The van der Waals surface area contributed by atoms with Gasteiger partial charge in [0.2, 0.25) is 5.91 Å². The van der Waals surface area contributed by atoms with Crippen molar-refractivity contribution in [1.82, 2.24) is 5.43 Å². The molecule has 0 bridgehead atoms. The topological polar surface area (TPSA) is 86.7 Å². The predicted octanol–water partition coefficient (Wildman–Crippen LogP) is 2.38. The number of carbonyl (C=O) groups is 1. The first kappa shape index (κ1) is 17.0.